The van der Waals surface area contributed by atoms with Gasteiger partial charge in [-0.15, -0.1) is 0 Å². The molecule has 2 aliphatic heterocycles. The molecule has 2 saturated heterocycles. The lowest BCUT2D eigenvalue weighted by Crippen LogP contribution is -2.46. The third-order valence-electron chi connectivity index (χ3n) is 3.91. The van der Waals surface area contributed by atoms with Crippen molar-refractivity contribution in [3.63, 3.8) is 0 Å². The molecule has 1 aromatic rings. The Kier molecular flexibility index (Phi) is 2.92. The molecule has 0 bridgehead atoms. The Morgan fingerprint density at radius 3 is 2.78 bits per heavy atom. The second-order valence-corrected chi connectivity index (χ2v) is 4.94. The number of hydrazine groups is 1. The SMILES string of the molecule is C/C=C1\CC(c2ccccc2)N2CCC(=O)N2C1. The Balaban J connectivity index is 1.95. The van der Waals surface area contributed by atoms with Crippen LogP contribution in [0.15, 0.2) is 42.0 Å². The molecule has 3 heteroatoms. The van der Waals surface area contributed by atoms with E-state index in [1.54, 1.807) is 0 Å². The number of hydrogen-bond donors (Lipinski definition) is 0. The van der Waals surface area contributed by atoms with Crippen LogP contribution in [0.25, 0.3) is 0 Å². The quantitative estimate of drug-likeness (QED) is 0.706. The summed E-state index contributed by atoms with van der Waals surface area (Å²) in [5.74, 6) is 0.259. The second-order valence-electron chi connectivity index (χ2n) is 4.94. The smallest absolute Gasteiger partial charge is 0.238 e. The van der Waals surface area contributed by atoms with Crippen LogP contribution in [0.1, 0.15) is 31.4 Å². The molecule has 1 amide bonds. The zero-order valence-electron chi connectivity index (χ0n) is 10.7. The third kappa shape index (κ3) is 1.85. The summed E-state index contributed by atoms with van der Waals surface area (Å²) in [6.07, 6.45) is 3.84. The van der Waals surface area contributed by atoms with Gasteiger partial charge in [-0.25, -0.2) is 5.01 Å². The molecule has 2 heterocycles. The molecule has 1 unspecified atom stereocenters. The van der Waals surface area contributed by atoms with Crippen molar-refractivity contribution in [3.05, 3.63) is 47.5 Å². The molecule has 1 aromatic carbocycles. The Bertz CT molecular complexity index is 481. The first kappa shape index (κ1) is 11.5. The minimum atomic E-state index is 0.259. The van der Waals surface area contributed by atoms with Crippen LogP contribution in [0.5, 0.6) is 0 Å². The largest absolute Gasteiger partial charge is 0.273 e. The van der Waals surface area contributed by atoms with Crippen molar-refractivity contribution in [2.75, 3.05) is 13.1 Å². The van der Waals surface area contributed by atoms with E-state index in [2.05, 4.69) is 42.3 Å². The molecular weight excluding hydrogens is 224 g/mol. The molecule has 2 fully saturated rings. The van der Waals surface area contributed by atoms with Gasteiger partial charge < -0.3 is 0 Å². The fourth-order valence-electron chi connectivity index (χ4n) is 2.89. The van der Waals surface area contributed by atoms with Crippen molar-refractivity contribution < 1.29 is 4.79 Å². The number of allylic oxidation sites excluding steroid dienone is 1. The second kappa shape index (κ2) is 4.58. The summed E-state index contributed by atoms with van der Waals surface area (Å²) >= 11 is 0. The van der Waals surface area contributed by atoms with Crippen LogP contribution in [-0.2, 0) is 4.79 Å². The molecular formula is C15H18N2O. The number of carbonyl (C=O) groups is 1. The summed E-state index contributed by atoms with van der Waals surface area (Å²) in [5, 5.41) is 4.17. The predicted molar refractivity (Wildman–Crippen MR) is 70.6 cm³/mol. The highest BCUT2D eigenvalue weighted by Crippen LogP contribution is 2.36. The summed E-state index contributed by atoms with van der Waals surface area (Å²) in [5.41, 5.74) is 2.66. The van der Waals surface area contributed by atoms with Gasteiger partial charge in [0.25, 0.3) is 0 Å². The number of amides is 1. The van der Waals surface area contributed by atoms with Gasteiger partial charge in [0.15, 0.2) is 0 Å². The predicted octanol–water partition coefficient (Wildman–Crippen LogP) is 2.53. The maximum Gasteiger partial charge on any atom is 0.238 e. The van der Waals surface area contributed by atoms with Gasteiger partial charge in [-0.05, 0) is 18.9 Å². The highest BCUT2D eigenvalue weighted by Gasteiger charge is 2.38. The van der Waals surface area contributed by atoms with E-state index < -0.39 is 0 Å². The number of carbonyl (C=O) groups excluding carboxylic acids is 1. The van der Waals surface area contributed by atoms with E-state index >= 15 is 0 Å². The Hall–Kier alpha value is -1.61. The van der Waals surface area contributed by atoms with E-state index in [0.29, 0.717) is 12.5 Å². The van der Waals surface area contributed by atoms with Crippen LogP contribution >= 0.6 is 0 Å². The van der Waals surface area contributed by atoms with Gasteiger partial charge >= 0.3 is 0 Å². The maximum absolute atomic E-state index is 11.9. The van der Waals surface area contributed by atoms with E-state index in [0.717, 1.165) is 19.5 Å². The molecule has 0 saturated carbocycles. The zero-order chi connectivity index (χ0) is 12.5. The van der Waals surface area contributed by atoms with Crippen LogP contribution in [-0.4, -0.2) is 29.0 Å². The molecule has 0 aromatic heterocycles. The minimum absolute atomic E-state index is 0.259. The van der Waals surface area contributed by atoms with Gasteiger partial charge in [0.05, 0.1) is 12.6 Å². The van der Waals surface area contributed by atoms with Crippen molar-refractivity contribution in [3.8, 4) is 0 Å². The number of fused-ring (bicyclic) bond motifs is 1. The monoisotopic (exact) mass is 242 g/mol. The van der Waals surface area contributed by atoms with Gasteiger partial charge in [0, 0.05) is 13.0 Å². The van der Waals surface area contributed by atoms with Gasteiger partial charge in [-0.3, -0.25) is 9.80 Å². The first-order valence-electron chi connectivity index (χ1n) is 6.55. The van der Waals surface area contributed by atoms with Crippen molar-refractivity contribution in [1.82, 2.24) is 10.0 Å². The summed E-state index contributed by atoms with van der Waals surface area (Å²) < 4.78 is 0. The van der Waals surface area contributed by atoms with Gasteiger partial charge in [-0.1, -0.05) is 42.0 Å². The zero-order valence-corrected chi connectivity index (χ0v) is 10.7. The third-order valence-corrected chi connectivity index (χ3v) is 3.91. The number of rotatable bonds is 1. The Morgan fingerprint density at radius 2 is 2.06 bits per heavy atom. The fraction of sp³-hybridized carbons (Fsp3) is 0.400. The molecule has 2 aliphatic rings. The van der Waals surface area contributed by atoms with Crippen LogP contribution in [0.3, 0.4) is 0 Å². The lowest BCUT2D eigenvalue weighted by atomic mass is 9.96. The highest BCUT2D eigenvalue weighted by molar-refractivity contribution is 5.78. The number of hydrogen-bond acceptors (Lipinski definition) is 2. The highest BCUT2D eigenvalue weighted by atomic mass is 16.2. The van der Waals surface area contributed by atoms with Crippen LogP contribution in [0, 0.1) is 0 Å². The number of benzene rings is 1. The lowest BCUT2D eigenvalue weighted by molar-refractivity contribution is -0.142. The van der Waals surface area contributed by atoms with Crippen molar-refractivity contribution in [2.24, 2.45) is 0 Å². The average molecular weight is 242 g/mol. The van der Waals surface area contributed by atoms with Gasteiger partial charge in [-0.2, -0.15) is 0 Å². The fourth-order valence-corrected chi connectivity index (χ4v) is 2.89. The average Bonchev–Trinajstić information content (AvgIpc) is 2.80. The Morgan fingerprint density at radius 1 is 1.28 bits per heavy atom. The molecule has 3 nitrogen and oxygen atoms in total. The van der Waals surface area contributed by atoms with Crippen molar-refractivity contribution >= 4 is 5.91 Å². The normalized spacial score (nSPS) is 26.7. The molecule has 0 spiro atoms. The molecule has 3 rings (SSSR count). The van der Waals surface area contributed by atoms with Gasteiger partial charge in [0.1, 0.15) is 0 Å². The summed E-state index contributed by atoms with van der Waals surface area (Å²) in [4.78, 5) is 11.9. The minimum Gasteiger partial charge on any atom is -0.273 e. The molecule has 94 valence electrons. The van der Waals surface area contributed by atoms with E-state index in [9.17, 15) is 4.79 Å². The number of nitrogens with zero attached hydrogens (tertiary/aromatic N) is 2. The molecule has 1 atom stereocenters. The summed E-state index contributed by atoms with van der Waals surface area (Å²) in [7, 11) is 0. The standard InChI is InChI=1S/C15H18N2O/c1-2-12-10-14(13-6-4-3-5-7-13)16-9-8-15(18)17(16)11-12/h2-7,14H,8-11H2,1H3/b12-2+. The van der Waals surface area contributed by atoms with E-state index in [1.165, 1.54) is 11.1 Å². The van der Waals surface area contributed by atoms with E-state index in [1.807, 2.05) is 11.1 Å². The van der Waals surface area contributed by atoms with E-state index in [4.69, 9.17) is 0 Å². The first-order chi connectivity index (χ1) is 8.79. The summed E-state index contributed by atoms with van der Waals surface area (Å²) in [6.45, 7) is 3.70. The van der Waals surface area contributed by atoms with Crippen LogP contribution < -0.4 is 0 Å². The Labute approximate surface area is 108 Å². The molecule has 0 N–H and O–H groups in total. The van der Waals surface area contributed by atoms with E-state index in [-0.39, 0.29) is 5.91 Å². The topological polar surface area (TPSA) is 23.6 Å². The maximum atomic E-state index is 11.9. The molecule has 0 radical (unpaired) electrons. The summed E-state index contributed by atoms with van der Waals surface area (Å²) in [6, 6.07) is 10.8. The van der Waals surface area contributed by atoms with Crippen molar-refractivity contribution in [2.45, 2.75) is 25.8 Å². The van der Waals surface area contributed by atoms with Crippen molar-refractivity contribution in [1.29, 1.82) is 0 Å². The van der Waals surface area contributed by atoms with Gasteiger partial charge in [0.2, 0.25) is 5.91 Å². The molecule has 0 aliphatic carbocycles. The van der Waals surface area contributed by atoms with Crippen LogP contribution in [0.2, 0.25) is 0 Å². The lowest BCUT2D eigenvalue weighted by Gasteiger charge is -2.41. The molecule has 18 heavy (non-hydrogen) atoms. The first-order valence-corrected chi connectivity index (χ1v) is 6.55. The van der Waals surface area contributed by atoms with Crippen LogP contribution in [0.4, 0.5) is 0 Å².